The molecule has 2 aromatic carbocycles. The minimum Gasteiger partial charge on any atom is -0.496 e. The molecule has 3 saturated heterocycles. The predicted molar refractivity (Wildman–Crippen MR) is 196 cm³/mol. The van der Waals surface area contributed by atoms with E-state index >= 15 is 0 Å². The van der Waals surface area contributed by atoms with E-state index in [1.165, 1.54) is 5.56 Å². The Labute approximate surface area is 297 Å². The number of fused-ring (bicyclic) bond motifs is 1. The minimum absolute atomic E-state index is 0.118. The number of likely N-dealkylation sites (tertiary alicyclic amines) is 1. The number of rotatable bonds is 11. The summed E-state index contributed by atoms with van der Waals surface area (Å²) >= 11 is 0. The van der Waals surface area contributed by atoms with E-state index in [2.05, 4.69) is 59.8 Å². The lowest BCUT2D eigenvalue weighted by molar-refractivity contribution is -0.133. The largest absolute Gasteiger partial charge is 0.496 e. The van der Waals surface area contributed by atoms with Crippen LogP contribution in [0.15, 0.2) is 53.6 Å². The molecule has 3 aliphatic rings. The molecule has 51 heavy (non-hydrogen) atoms. The molecule has 4 aromatic rings. The summed E-state index contributed by atoms with van der Waals surface area (Å²) < 4.78 is 13.4. The second-order valence-electron chi connectivity index (χ2n) is 14.0. The highest BCUT2D eigenvalue weighted by molar-refractivity contribution is 6.01. The first kappa shape index (κ1) is 34.7. The molecule has 0 spiro atoms. The van der Waals surface area contributed by atoms with Crippen molar-refractivity contribution in [3.8, 4) is 22.6 Å². The number of H-pyrrole nitrogens is 1. The zero-order valence-corrected chi connectivity index (χ0v) is 29.7. The van der Waals surface area contributed by atoms with Crippen LogP contribution in [-0.2, 0) is 23.2 Å². The zero-order valence-electron chi connectivity index (χ0n) is 29.7. The standard InChI is InChI=1S/C38H48N8O5/c1-43-23-30(29-22-39-42-36(29)38(43)49)27-20-33(50-2)31(34(21-27)51-3)24-46-18-16-45(17-19-46)15-14-44-12-10-26(11-13-44)25-4-6-28(7-5-25)40-32-8-9-35(47)41-37(32)48/h4-7,20-23,26,32,40H,8-19,24H2,1-3H3,(H,39,42)(H,41,47,48). The molecule has 1 atom stereocenters. The van der Waals surface area contributed by atoms with E-state index in [-0.39, 0.29) is 23.4 Å². The second kappa shape index (κ2) is 15.3. The van der Waals surface area contributed by atoms with Gasteiger partial charge in [0.05, 0.1) is 26.0 Å². The topological polar surface area (TPSA) is 137 Å². The number of aromatic amines is 1. The summed E-state index contributed by atoms with van der Waals surface area (Å²) in [5.41, 5.74) is 5.43. The third kappa shape index (κ3) is 7.65. The van der Waals surface area contributed by atoms with Crippen LogP contribution >= 0.6 is 0 Å². The highest BCUT2D eigenvalue weighted by atomic mass is 16.5. The first-order valence-corrected chi connectivity index (χ1v) is 17.9. The summed E-state index contributed by atoms with van der Waals surface area (Å²) in [6.45, 7) is 9.08. The van der Waals surface area contributed by atoms with Crippen molar-refractivity contribution >= 4 is 28.4 Å². The maximum Gasteiger partial charge on any atom is 0.276 e. The summed E-state index contributed by atoms with van der Waals surface area (Å²) in [6, 6.07) is 12.2. The molecule has 13 heteroatoms. The lowest BCUT2D eigenvalue weighted by atomic mass is 9.89. The van der Waals surface area contributed by atoms with Crippen LogP contribution < -0.4 is 25.7 Å². The van der Waals surface area contributed by atoms with E-state index in [9.17, 15) is 14.4 Å². The number of piperidine rings is 2. The number of carbonyl (C=O) groups is 2. The summed E-state index contributed by atoms with van der Waals surface area (Å²) in [5.74, 6) is 1.63. The number of methoxy groups -OCH3 is 2. The molecule has 2 aromatic heterocycles. The highest BCUT2D eigenvalue weighted by Gasteiger charge is 2.27. The van der Waals surface area contributed by atoms with Crippen LogP contribution in [-0.4, -0.2) is 114 Å². The van der Waals surface area contributed by atoms with E-state index in [1.807, 2.05) is 18.3 Å². The van der Waals surface area contributed by atoms with Gasteiger partial charge in [-0.1, -0.05) is 12.1 Å². The number of hydrogen-bond acceptors (Lipinski definition) is 10. The Morgan fingerprint density at radius 1 is 0.863 bits per heavy atom. The van der Waals surface area contributed by atoms with Crippen molar-refractivity contribution in [2.45, 2.75) is 44.2 Å². The van der Waals surface area contributed by atoms with Gasteiger partial charge in [0.1, 0.15) is 23.1 Å². The Morgan fingerprint density at radius 2 is 1.51 bits per heavy atom. The van der Waals surface area contributed by atoms with Crippen molar-refractivity contribution in [1.29, 1.82) is 0 Å². The van der Waals surface area contributed by atoms with Crippen molar-refractivity contribution in [3.63, 3.8) is 0 Å². The van der Waals surface area contributed by atoms with Crippen molar-refractivity contribution in [2.75, 3.05) is 71.9 Å². The monoisotopic (exact) mass is 696 g/mol. The second-order valence-corrected chi connectivity index (χ2v) is 14.0. The van der Waals surface area contributed by atoms with Gasteiger partial charge in [-0.3, -0.25) is 34.6 Å². The highest BCUT2D eigenvalue weighted by Crippen LogP contribution is 2.38. The lowest BCUT2D eigenvalue weighted by Crippen LogP contribution is -2.48. The molecular formula is C38H48N8O5. The fourth-order valence-corrected chi connectivity index (χ4v) is 7.73. The SMILES string of the molecule is COc1cc(-c2cn(C)c(=O)c3[nH]ncc23)cc(OC)c1CN1CCN(CCN2CCC(c3ccc(NC4CCC(=O)NC4=O)cc3)CC2)CC1. The Kier molecular flexibility index (Phi) is 10.4. The van der Waals surface area contributed by atoms with Crippen LogP contribution in [0.3, 0.4) is 0 Å². The molecule has 270 valence electrons. The fourth-order valence-electron chi connectivity index (χ4n) is 7.73. The van der Waals surface area contributed by atoms with Crippen molar-refractivity contribution in [2.24, 2.45) is 7.05 Å². The molecule has 0 aliphatic carbocycles. The first-order chi connectivity index (χ1) is 24.8. The number of amides is 2. The summed E-state index contributed by atoms with van der Waals surface area (Å²) in [4.78, 5) is 43.7. The Balaban J connectivity index is 0.879. The van der Waals surface area contributed by atoms with Gasteiger partial charge in [0.15, 0.2) is 0 Å². The molecular weight excluding hydrogens is 648 g/mol. The number of pyridine rings is 1. The van der Waals surface area contributed by atoms with Crippen LogP contribution in [0, 0.1) is 0 Å². The van der Waals surface area contributed by atoms with Crippen LogP contribution in [0.5, 0.6) is 11.5 Å². The van der Waals surface area contributed by atoms with Crippen LogP contribution in [0.1, 0.15) is 42.7 Å². The lowest BCUT2D eigenvalue weighted by Gasteiger charge is -2.37. The van der Waals surface area contributed by atoms with Gasteiger partial charge in [0.2, 0.25) is 11.8 Å². The smallest absolute Gasteiger partial charge is 0.276 e. The van der Waals surface area contributed by atoms with Gasteiger partial charge in [0, 0.05) is 82.1 Å². The number of benzene rings is 2. The van der Waals surface area contributed by atoms with Crippen LogP contribution in [0.2, 0.25) is 0 Å². The number of aryl methyl sites for hydroxylation is 1. The van der Waals surface area contributed by atoms with Crippen LogP contribution in [0.25, 0.3) is 22.0 Å². The number of anilines is 1. The molecule has 1 unspecified atom stereocenters. The molecule has 0 saturated carbocycles. The van der Waals surface area contributed by atoms with Gasteiger partial charge in [-0.15, -0.1) is 0 Å². The number of hydrogen-bond donors (Lipinski definition) is 3. The van der Waals surface area contributed by atoms with Gasteiger partial charge in [0.25, 0.3) is 5.56 Å². The maximum atomic E-state index is 12.6. The molecule has 0 bridgehead atoms. The zero-order chi connectivity index (χ0) is 35.5. The molecule has 2 amide bonds. The summed E-state index contributed by atoms with van der Waals surface area (Å²) in [6.07, 6.45) is 6.71. The third-order valence-electron chi connectivity index (χ3n) is 10.8. The fraction of sp³-hybridized carbons (Fsp3) is 0.474. The molecule has 3 fully saturated rings. The number of nitrogens with zero attached hydrogens (tertiary/aromatic N) is 5. The maximum absolute atomic E-state index is 12.6. The molecule has 3 aliphatic heterocycles. The quantitative estimate of drug-likeness (QED) is 0.201. The Hall–Kier alpha value is -4.72. The van der Waals surface area contributed by atoms with Crippen molar-refractivity contribution < 1.29 is 19.1 Å². The van der Waals surface area contributed by atoms with Gasteiger partial charge < -0.3 is 24.3 Å². The Morgan fingerprint density at radius 3 is 2.16 bits per heavy atom. The van der Waals surface area contributed by atoms with Gasteiger partial charge in [-0.05, 0) is 73.7 Å². The van der Waals surface area contributed by atoms with Gasteiger partial charge >= 0.3 is 0 Å². The molecule has 3 N–H and O–H groups in total. The van der Waals surface area contributed by atoms with Crippen molar-refractivity contribution in [1.82, 2.24) is 34.8 Å². The van der Waals surface area contributed by atoms with Crippen molar-refractivity contribution in [3.05, 3.63) is 70.3 Å². The molecule has 5 heterocycles. The Bertz CT molecular complexity index is 1900. The molecule has 0 radical (unpaired) electrons. The van der Waals surface area contributed by atoms with Gasteiger partial charge in [-0.25, -0.2) is 0 Å². The number of nitrogens with one attached hydrogen (secondary N) is 3. The van der Waals surface area contributed by atoms with Gasteiger partial charge in [-0.2, -0.15) is 5.10 Å². The number of piperazine rings is 1. The average molecular weight is 697 g/mol. The molecule has 13 nitrogen and oxygen atoms in total. The minimum atomic E-state index is -0.361. The van der Waals surface area contributed by atoms with E-state index in [4.69, 9.17) is 9.47 Å². The number of imide groups is 1. The van der Waals surface area contributed by atoms with Crippen LogP contribution in [0.4, 0.5) is 5.69 Å². The third-order valence-corrected chi connectivity index (χ3v) is 10.8. The number of ether oxygens (including phenoxy) is 2. The summed E-state index contributed by atoms with van der Waals surface area (Å²) in [5, 5.41) is 13.4. The normalized spacial score (nSPS) is 19.7. The van der Waals surface area contributed by atoms with E-state index in [1.54, 1.807) is 32.0 Å². The number of carbonyl (C=O) groups excluding carboxylic acids is 2. The predicted octanol–water partition coefficient (Wildman–Crippen LogP) is 3.16. The van der Waals surface area contributed by atoms with E-state index in [0.29, 0.717) is 24.3 Å². The van der Waals surface area contributed by atoms with E-state index < -0.39 is 0 Å². The number of aromatic nitrogens is 3. The summed E-state index contributed by atoms with van der Waals surface area (Å²) in [7, 11) is 5.12. The average Bonchev–Trinajstić information content (AvgIpc) is 3.65. The van der Waals surface area contributed by atoms with E-state index in [0.717, 1.165) is 111 Å². The molecule has 7 rings (SSSR count). The first-order valence-electron chi connectivity index (χ1n) is 17.9.